The third-order valence-corrected chi connectivity index (χ3v) is 9.35. The standard InChI is InChI=1S/C24BF20.C11H14NOS/c26-5-1(6(27)14(35)21(42)13(5)34)25(2-7(28)15(36)22(43)16(37)8(2)29,3-9(30)17(38)23(44)18(39)10(3)31)4-11(32)19(40)24(45)20(41)12(4)33;1-11(2,3)13-12-8-14-10-7-5-4-6-9(10)12/h;4-8H,1-3H3/q-1;+1. The molecule has 1 aromatic heterocycles. The lowest BCUT2D eigenvalue weighted by Gasteiger charge is -2.44. The molecule has 0 radical (unpaired) electrons. The van der Waals surface area contributed by atoms with Crippen molar-refractivity contribution in [1.29, 1.82) is 0 Å². The van der Waals surface area contributed by atoms with Gasteiger partial charge in [0.05, 0.1) is 0 Å². The predicted octanol–water partition coefficient (Wildman–Crippen LogP) is 8.26. The van der Waals surface area contributed by atoms with Gasteiger partial charge in [0.15, 0.2) is 75.4 Å². The first-order valence-electron chi connectivity index (χ1n) is 15.6. The van der Waals surface area contributed by atoms with Gasteiger partial charge in [-0.1, -0.05) is 23.5 Å². The molecule has 0 aliphatic carbocycles. The van der Waals surface area contributed by atoms with Crippen LogP contribution < -0.4 is 31.4 Å². The monoisotopic (exact) mass is 887 g/mol. The molecular weight excluding hydrogens is 873 g/mol. The highest BCUT2D eigenvalue weighted by molar-refractivity contribution is 7.20. The van der Waals surface area contributed by atoms with E-state index in [1.165, 1.54) is 4.70 Å². The summed E-state index contributed by atoms with van der Waals surface area (Å²) in [6.07, 6.45) is -7.22. The Morgan fingerprint density at radius 3 is 0.881 bits per heavy atom. The molecule has 59 heavy (non-hydrogen) atoms. The number of thiazole rings is 1. The van der Waals surface area contributed by atoms with E-state index in [2.05, 4.69) is 12.1 Å². The number of fused-ring (bicyclic) bond motifs is 1. The molecule has 24 heteroatoms. The van der Waals surface area contributed by atoms with Crippen molar-refractivity contribution >= 4 is 49.6 Å². The molecule has 0 atom stereocenters. The average molecular weight is 887 g/mol. The molecule has 0 aliphatic heterocycles. The van der Waals surface area contributed by atoms with Crippen molar-refractivity contribution in [1.82, 2.24) is 0 Å². The summed E-state index contributed by atoms with van der Waals surface area (Å²) in [7, 11) is 0. The van der Waals surface area contributed by atoms with Crippen molar-refractivity contribution in [2.45, 2.75) is 26.4 Å². The van der Waals surface area contributed by atoms with E-state index in [-0.39, 0.29) is 5.60 Å². The molecule has 5 aromatic carbocycles. The lowest BCUT2D eigenvalue weighted by atomic mass is 9.12. The van der Waals surface area contributed by atoms with E-state index in [1.54, 1.807) is 11.3 Å². The van der Waals surface area contributed by atoms with Gasteiger partial charge in [0.25, 0.3) is 11.0 Å². The number of aromatic nitrogens is 1. The highest BCUT2D eigenvalue weighted by Crippen LogP contribution is 2.31. The Morgan fingerprint density at radius 2 is 0.627 bits per heavy atom. The molecule has 0 spiro atoms. The first-order chi connectivity index (χ1) is 27.3. The maximum absolute atomic E-state index is 15.4. The lowest BCUT2D eigenvalue weighted by Crippen LogP contribution is -2.81. The number of nitrogens with zero attached hydrogens (tertiary/aromatic N) is 1. The Balaban J connectivity index is 0.000000395. The van der Waals surface area contributed by atoms with Crippen molar-refractivity contribution in [3.63, 3.8) is 0 Å². The van der Waals surface area contributed by atoms with Crippen molar-refractivity contribution in [3.8, 4) is 0 Å². The molecule has 2 nitrogen and oxygen atoms in total. The second-order valence-electron chi connectivity index (χ2n) is 13.0. The smallest absolute Gasteiger partial charge is 0.264 e. The van der Waals surface area contributed by atoms with Crippen LogP contribution in [-0.4, -0.2) is 11.7 Å². The molecule has 0 unspecified atom stereocenters. The minimum atomic E-state index is -7.22. The van der Waals surface area contributed by atoms with Gasteiger partial charge >= 0.3 is 0 Å². The van der Waals surface area contributed by atoms with Crippen molar-refractivity contribution in [3.05, 3.63) is 146 Å². The molecule has 0 amide bonds. The van der Waals surface area contributed by atoms with E-state index in [0.717, 1.165) is 5.52 Å². The number of rotatable bonds is 5. The fraction of sp³-hybridized carbons (Fsp3) is 0.114. The quantitative estimate of drug-likeness (QED) is 0.0560. The van der Waals surface area contributed by atoms with E-state index in [1.807, 2.05) is 43.1 Å². The lowest BCUT2D eigenvalue weighted by molar-refractivity contribution is -0.883. The van der Waals surface area contributed by atoms with E-state index in [0.29, 0.717) is 0 Å². The van der Waals surface area contributed by atoms with Crippen LogP contribution in [-0.2, 0) is 0 Å². The van der Waals surface area contributed by atoms with Gasteiger partial charge in [0.1, 0.15) is 57.4 Å². The highest BCUT2D eigenvalue weighted by Gasteiger charge is 2.52. The molecule has 6 aromatic rings. The second kappa shape index (κ2) is 15.6. The predicted molar refractivity (Wildman–Crippen MR) is 168 cm³/mol. The number of hydrogen-bond donors (Lipinski definition) is 0. The maximum atomic E-state index is 15.4. The van der Waals surface area contributed by atoms with Crippen molar-refractivity contribution in [2.75, 3.05) is 0 Å². The summed E-state index contributed by atoms with van der Waals surface area (Å²) in [5, 5.41) is 0. The molecule has 314 valence electrons. The van der Waals surface area contributed by atoms with Crippen LogP contribution in [0.3, 0.4) is 0 Å². The van der Waals surface area contributed by atoms with Crippen LogP contribution in [0, 0.1) is 116 Å². The molecule has 0 N–H and O–H groups in total. The third-order valence-electron chi connectivity index (χ3n) is 8.46. The van der Waals surface area contributed by atoms with E-state index < -0.39 is 144 Å². The van der Waals surface area contributed by atoms with Crippen LogP contribution in [0.2, 0.25) is 0 Å². The zero-order valence-corrected chi connectivity index (χ0v) is 29.6. The first-order valence-corrected chi connectivity index (χ1v) is 16.4. The van der Waals surface area contributed by atoms with Crippen LogP contribution in [0.4, 0.5) is 87.8 Å². The van der Waals surface area contributed by atoms with Gasteiger partial charge in [-0.15, -0.1) is 21.9 Å². The van der Waals surface area contributed by atoms with Gasteiger partial charge in [0, 0.05) is 10.8 Å². The number of para-hydroxylation sites is 1. The van der Waals surface area contributed by atoms with Crippen molar-refractivity contribution < 1.29 is 97.4 Å². The van der Waals surface area contributed by atoms with Gasteiger partial charge in [-0.2, -0.15) is 0 Å². The van der Waals surface area contributed by atoms with Crippen LogP contribution in [0.15, 0.2) is 29.8 Å². The zero-order chi connectivity index (χ0) is 44.5. The van der Waals surface area contributed by atoms with Gasteiger partial charge in [-0.05, 0) is 26.8 Å². The number of hydrogen-bond acceptors (Lipinski definition) is 2. The summed E-state index contributed by atoms with van der Waals surface area (Å²) < 4.78 is 297. The third kappa shape index (κ3) is 6.87. The summed E-state index contributed by atoms with van der Waals surface area (Å²) >= 11 is 1.69. The Morgan fingerprint density at radius 1 is 0.390 bits per heavy atom. The van der Waals surface area contributed by atoms with E-state index >= 15 is 35.1 Å². The largest absolute Gasteiger partial charge is 0.278 e. The minimum absolute atomic E-state index is 0.158. The Hall–Kier alpha value is -5.55. The van der Waals surface area contributed by atoms with Crippen LogP contribution >= 0.6 is 11.3 Å². The molecule has 0 bridgehead atoms. The van der Waals surface area contributed by atoms with Gasteiger partial charge in [-0.3, -0.25) is 4.84 Å². The highest BCUT2D eigenvalue weighted by atomic mass is 32.1. The summed E-state index contributed by atoms with van der Waals surface area (Å²) in [4.78, 5) is 5.78. The van der Waals surface area contributed by atoms with Crippen LogP contribution in [0.5, 0.6) is 0 Å². The molecule has 1 heterocycles. The van der Waals surface area contributed by atoms with Crippen molar-refractivity contribution in [2.24, 2.45) is 0 Å². The van der Waals surface area contributed by atoms with Crippen LogP contribution in [0.25, 0.3) is 10.2 Å². The van der Waals surface area contributed by atoms with E-state index in [9.17, 15) is 52.7 Å². The second-order valence-corrected chi connectivity index (χ2v) is 13.9. The molecule has 0 aliphatic rings. The SMILES string of the molecule is CC(C)(C)O[n+]1csc2ccccc21.Fc1c(F)c(F)c([B-](c2c(F)c(F)c(F)c(F)c2F)(c2c(F)c(F)c(F)c(F)c2F)c2c(F)c(F)c(F)c(F)c2F)c(F)c1F. The summed E-state index contributed by atoms with van der Waals surface area (Å²) in [6.45, 7) is 6.14. The average Bonchev–Trinajstić information content (AvgIpc) is 3.59. The molecule has 0 fully saturated rings. The maximum Gasteiger partial charge on any atom is 0.278 e. The first kappa shape index (κ1) is 44.6. The summed E-state index contributed by atoms with van der Waals surface area (Å²) in [5.41, 5.74) is -11.4. The topological polar surface area (TPSA) is 13.1 Å². The summed E-state index contributed by atoms with van der Waals surface area (Å²) in [5.74, 6) is -71.4. The van der Waals surface area contributed by atoms with Crippen LogP contribution in [0.1, 0.15) is 20.8 Å². The van der Waals surface area contributed by atoms with Gasteiger partial charge in [-0.25, -0.2) is 87.8 Å². The molecular formula is C35H14BF20NOS. The van der Waals surface area contributed by atoms with Gasteiger partial charge < -0.3 is 0 Å². The van der Waals surface area contributed by atoms with Gasteiger partial charge in [0.2, 0.25) is 0 Å². The molecule has 0 saturated heterocycles. The van der Waals surface area contributed by atoms with E-state index in [4.69, 9.17) is 4.84 Å². The summed E-state index contributed by atoms with van der Waals surface area (Å²) in [6, 6.07) is 8.23. The number of halogens is 20. The fourth-order valence-corrected chi connectivity index (χ4v) is 6.94. The molecule has 6 rings (SSSR count). The normalized spacial score (nSPS) is 12.0. The fourth-order valence-electron chi connectivity index (χ4n) is 6.14. The minimum Gasteiger partial charge on any atom is -0.264 e. The Labute approximate surface area is 319 Å². The Kier molecular flexibility index (Phi) is 11.8. The molecule has 0 saturated carbocycles. The zero-order valence-electron chi connectivity index (χ0n) is 28.8. The number of benzene rings is 5. The Bertz CT molecular complexity index is 2310.